The molecule has 2 aromatic heterocycles. The van der Waals surface area contributed by atoms with Crippen LogP contribution in [0.4, 0.5) is 5.69 Å². The summed E-state index contributed by atoms with van der Waals surface area (Å²) in [7, 11) is 0. The van der Waals surface area contributed by atoms with Gasteiger partial charge in [-0.15, -0.1) is 11.3 Å². The molecule has 0 aromatic carbocycles. The predicted octanol–water partition coefficient (Wildman–Crippen LogP) is 3.66. The Bertz CT molecular complexity index is 585. The molecule has 2 aromatic rings. The normalized spacial score (nSPS) is 10.3. The molecule has 4 nitrogen and oxygen atoms in total. The van der Waals surface area contributed by atoms with E-state index in [2.05, 4.69) is 38.5 Å². The Balaban J connectivity index is 1.94. The largest absolute Gasteiger partial charge is 0.385 e. The third kappa shape index (κ3) is 4.31. The van der Waals surface area contributed by atoms with Crippen LogP contribution in [0.1, 0.15) is 28.7 Å². The second-order valence-electron chi connectivity index (χ2n) is 4.25. The molecule has 0 radical (unpaired) electrons. The molecule has 0 saturated heterocycles. The van der Waals surface area contributed by atoms with Gasteiger partial charge in [0.1, 0.15) is 5.69 Å². The van der Waals surface area contributed by atoms with Crippen LogP contribution in [0.25, 0.3) is 0 Å². The Morgan fingerprint density at radius 3 is 2.95 bits per heavy atom. The summed E-state index contributed by atoms with van der Waals surface area (Å²) in [6.45, 7) is 3.50. The number of hydrogen-bond donors (Lipinski definition) is 2. The average molecular weight is 354 g/mol. The minimum Gasteiger partial charge on any atom is -0.385 e. The predicted molar refractivity (Wildman–Crippen MR) is 86.2 cm³/mol. The molecule has 0 aliphatic heterocycles. The zero-order valence-corrected chi connectivity index (χ0v) is 13.6. The molecule has 20 heavy (non-hydrogen) atoms. The van der Waals surface area contributed by atoms with Gasteiger partial charge in [0.15, 0.2) is 0 Å². The van der Waals surface area contributed by atoms with E-state index < -0.39 is 0 Å². The van der Waals surface area contributed by atoms with E-state index in [-0.39, 0.29) is 5.91 Å². The quantitative estimate of drug-likeness (QED) is 0.833. The number of pyridine rings is 1. The minimum absolute atomic E-state index is 0.158. The summed E-state index contributed by atoms with van der Waals surface area (Å²) in [6, 6.07) is 7.60. The van der Waals surface area contributed by atoms with E-state index in [0.717, 1.165) is 27.3 Å². The molecule has 0 unspecified atom stereocenters. The average Bonchev–Trinajstić information content (AvgIpc) is 2.88. The monoisotopic (exact) mass is 353 g/mol. The van der Waals surface area contributed by atoms with Crippen LogP contribution in [-0.4, -0.2) is 17.4 Å². The van der Waals surface area contributed by atoms with Gasteiger partial charge in [0.2, 0.25) is 0 Å². The summed E-state index contributed by atoms with van der Waals surface area (Å²) in [6.07, 6.45) is 2.69. The molecule has 0 spiro atoms. The molecule has 106 valence electrons. The zero-order valence-electron chi connectivity index (χ0n) is 11.1. The number of nitrogens with zero attached hydrogens (tertiary/aromatic N) is 1. The van der Waals surface area contributed by atoms with Crippen molar-refractivity contribution >= 4 is 38.9 Å². The van der Waals surface area contributed by atoms with E-state index in [1.807, 2.05) is 18.2 Å². The molecular formula is C14H16BrN3OS. The van der Waals surface area contributed by atoms with Crippen molar-refractivity contribution in [2.75, 3.05) is 11.9 Å². The van der Waals surface area contributed by atoms with Crippen LogP contribution in [0.3, 0.4) is 0 Å². The van der Waals surface area contributed by atoms with Gasteiger partial charge in [0, 0.05) is 23.3 Å². The summed E-state index contributed by atoms with van der Waals surface area (Å²) in [4.78, 5) is 17.3. The SMILES string of the molecule is CCCNc1ccnc(C(=O)NCc2ccc(Br)s2)c1. The van der Waals surface area contributed by atoms with E-state index >= 15 is 0 Å². The van der Waals surface area contributed by atoms with Crippen LogP contribution in [0.15, 0.2) is 34.2 Å². The van der Waals surface area contributed by atoms with Crippen molar-refractivity contribution in [3.05, 3.63) is 44.8 Å². The van der Waals surface area contributed by atoms with Gasteiger partial charge < -0.3 is 10.6 Å². The second-order valence-corrected chi connectivity index (χ2v) is 6.79. The highest BCUT2D eigenvalue weighted by Gasteiger charge is 2.08. The molecule has 0 atom stereocenters. The van der Waals surface area contributed by atoms with Gasteiger partial charge in [-0.1, -0.05) is 6.92 Å². The van der Waals surface area contributed by atoms with Gasteiger partial charge in [-0.3, -0.25) is 9.78 Å². The first-order valence-electron chi connectivity index (χ1n) is 6.41. The maximum atomic E-state index is 12.0. The Kier molecular flexibility index (Phi) is 5.55. The molecule has 1 amide bonds. The fourth-order valence-electron chi connectivity index (χ4n) is 1.64. The molecule has 2 N–H and O–H groups in total. The van der Waals surface area contributed by atoms with Gasteiger partial charge in [-0.25, -0.2) is 0 Å². The molecule has 0 aliphatic rings. The van der Waals surface area contributed by atoms with Gasteiger partial charge in [0.05, 0.1) is 10.3 Å². The van der Waals surface area contributed by atoms with E-state index in [4.69, 9.17) is 0 Å². The molecule has 6 heteroatoms. The Morgan fingerprint density at radius 1 is 1.40 bits per heavy atom. The highest BCUT2D eigenvalue weighted by Crippen LogP contribution is 2.21. The van der Waals surface area contributed by atoms with Gasteiger partial charge in [-0.2, -0.15) is 0 Å². The molecule has 0 bridgehead atoms. The molecule has 2 rings (SSSR count). The lowest BCUT2D eigenvalue weighted by molar-refractivity contribution is 0.0946. The first-order valence-corrected chi connectivity index (χ1v) is 8.02. The number of anilines is 1. The Morgan fingerprint density at radius 2 is 2.25 bits per heavy atom. The number of amides is 1. The summed E-state index contributed by atoms with van der Waals surface area (Å²) in [5, 5.41) is 6.11. The standard InChI is InChI=1S/C14H16BrN3OS/c1-2-6-16-10-5-7-17-12(8-10)14(19)18-9-11-3-4-13(15)20-11/h3-5,7-8H,2,6,9H2,1H3,(H,16,17)(H,18,19). The maximum absolute atomic E-state index is 12.0. The number of hydrogen-bond acceptors (Lipinski definition) is 4. The first-order chi connectivity index (χ1) is 9.69. The minimum atomic E-state index is -0.158. The highest BCUT2D eigenvalue weighted by atomic mass is 79.9. The third-order valence-electron chi connectivity index (χ3n) is 2.62. The van der Waals surface area contributed by atoms with Crippen LogP contribution in [-0.2, 0) is 6.54 Å². The van der Waals surface area contributed by atoms with Crippen molar-refractivity contribution < 1.29 is 4.79 Å². The fraction of sp³-hybridized carbons (Fsp3) is 0.286. The fourth-order valence-corrected chi connectivity index (χ4v) is 3.06. The number of halogens is 1. The lowest BCUT2D eigenvalue weighted by atomic mass is 10.3. The molecule has 2 heterocycles. The van der Waals surface area contributed by atoms with Crippen molar-refractivity contribution in [3.8, 4) is 0 Å². The third-order valence-corrected chi connectivity index (χ3v) is 4.25. The highest BCUT2D eigenvalue weighted by molar-refractivity contribution is 9.11. The lowest BCUT2D eigenvalue weighted by Gasteiger charge is -2.07. The molecule has 0 aliphatic carbocycles. The summed E-state index contributed by atoms with van der Waals surface area (Å²) >= 11 is 5.01. The Hall–Kier alpha value is -1.40. The van der Waals surface area contributed by atoms with Crippen molar-refractivity contribution in [1.29, 1.82) is 0 Å². The Labute approximate surface area is 130 Å². The number of aromatic nitrogens is 1. The van der Waals surface area contributed by atoms with E-state index in [9.17, 15) is 4.79 Å². The molecule has 0 saturated carbocycles. The number of carbonyl (C=O) groups is 1. The van der Waals surface area contributed by atoms with E-state index in [0.29, 0.717) is 12.2 Å². The molecule has 0 fully saturated rings. The van der Waals surface area contributed by atoms with Crippen molar-refractivity contribution in [3.63, 3.8) is 0 Å². The van der Waals surface area contributed by atoms with Crippen LogP contribution in [0.5, 0.6) is 0 Å². The summed E-state index contributed by atoms with van der Waals surface area (Å²) in [5.41, 5.74) is 1.35. The van der Waals surface area contributed by atoms with Crippen LogP contribution < -0.4 is 10.6 Å². The van der Waals surface area contributed by atoms with E-state index in [1.165, 1.54) is 0 Å². The van der Waals surface area contributed by atoms with Crippen LogP contribution in [0.2, 0.25) is 0 Å². The lowest BCUT2D eigenvalue weighted by Crippen LogP contribution is -2.23. The van der Waals surface area contributed by atoms with Gasteiger partial charge >= 0.3 is 0 Å². The smallest absolute Gasteiger partial charge is 0.270 e. The number of nitrogens with one attached hydrogen (secondary N) is 2. The van der Waals surface area contributed by atoms with Gasteiger partial charge in [0.25, 0.3) is 5.91 Å². The van der Waals surface area contributed by atoms with Crippen LogP contribution >= 0.6 is 27.3 Å². The van der Waals surface area contributed by atoms with Crippen LogP contribution in [0, 0.1) is 0 Å². The number of thiophene rings is 1. The number of rotatable bonds is 6. The maximum Gasteiger partial charge on any atom is 0.270 e. The first kappa shape index (κ1) is 15.0. The molecular weight excluding hydrogens is 338 g/mol. The zero-order chi connectivity index (χ0) is 14.4. The van der Waals surface area contributed by atoms with E-state index in [1.54, 1.807) is 23.6 Å². The summed E-state index contributed by atoms with van der Waals surface area (Å²) in [5.74, 6) is -0.158. The summed E-state index contributed by atoms with van der Waals surface area (Å²) < 4.78 is 1.06. The topological polar surface area (TPSA) is 54.0 Å². The van der Waals surface area contributed by atoms with Crippen molar-refractivity contribution in [1.82, 2.24) is 10.3 Å². The van der Waals surface area contributed by atoms with Gasteiger partial charge in [-0.05, 0) is 46.6 Å². The van der Waals surface area contributed by atoms with Crippen molar-refractivity contribution in [2.24, 2.45) is 0 Å². The number of carbonyl (C=O) groups excluding carboxylic acids is 1. The second kappa shape index (κ2) is 7.40. The van der Waals surface area contributed by atoms with Crippen molar-refractivity contribution in [2.45, 2.75) is 19.9 Å².